The lowest BCUT2D eigenvalue weighted by molar-refractivity contribution is 0.402. The first-order valence-corrected chi connectivity index (χ1v) is 9.07. The standard InChI is InChI=1S/C14H23BO2S2/c1-14(2,3)8-10-19-18-9-7-12-5-4-6-13(11-12)15(16)17/h4-6,11,16-17H,7-10H2,1-3H3. The first kappa shape index (κ1) is 17.0. The molecule has 0 unspecified atom stereocenters. The fraction of sp³-hybridized carbons (Fsp3) is 0.571. The zero-order valence-corrected chi connectivity index (χ0v) is 13.6. The Morgan fingerprint density at radius 2 is 1.79 bits per heavy atom. The third-order valence-corrected chi connectivity index (χ3v) is 5.15. The van der Waals surface area contributed by atoms with Crippen LogP contribution in [0.1, 0.15) is 32.8 Å². The Bertz CT molecular complexity index is 378. The molecule has 0 saturated carbocycles. The Labute approximate surface area is 124 Å². The minimum Gasteiger partial charge on any atom is -0.423 e. The molecule has 5 heteroatoms. The van der Waals surface area contributed by atoms with Crippen molar-refractivity contribution < 1.29 is 10.0 Å². The van der Waals surface area contributed by atoms with Crippen LogP contribution in [0, 0.1) is 5.41 Å². The van der Waals surface area contributed by atoms with Crippen molar-refractivity contribution in [1.29, 1.82) is 0 Å². The molecule has 0 aliphatic rings. The Kier molecular flexibility index (Phi) is 7.36. The molecule has 19 heavy (non-hydrogen) atoms. The van der Waals surface area contributed by atoms with E-state index in [4.69, 9.17) is 10.0 Å². The van der Waals surface area contributed by atoms with Gasteiger partial charge in [0.05, 0.1) is 0 Å². The van der Waals surface area contributed by atoms with Crippen molar-refractivity contribution in [3.63, 3.8) is 0 Å². The quantitative estimate of drug-likeness (QED) is 0.461. The highest BCUT2D eigenvalue weighted by Gasteiger charge is 2.11. The van der Waals surface area contributed by atoms with Crippen LogP contribution >= 0.6 is 21.6 Å². The van der Waals surface area contributed by atoms with E-state index in [1.807, 2.05) is 39.8 Å². The van der Waals surface area contributed by atoms with Crippen molar-refractivity contribution in [1.82, 2.24) is 0 Å². The maximum atomic E-state index is 9.11. The molecule has 2 nitrogen and oxygen atoms in total. The van der Waals surface area contributed by atoms with Crippen LogP contribution in [0.2, 0.25) is 0 Å². The van der Waals surface area contributed by atoms with Crippen LogP contribution in [0.15, 0.2) is 24.3 Å². The highest BCUT2D eigenvalue weighted by molar-refractivity contribution is 8.76. The molecule has 0 amide bonds. The highest BCUT2D eigenvalue weighted by atomic mass is 33.1. The summed E-state index contributed by atoms with van der Waals surface area (Å²) < 4.78 is 0. The molecular weight excluding hydrogens is 275 g/mol. The van der Waals surface area contributed by atoms with E-state index in [1.54, 1.807) is 6.07 Å². The first-order chi connectivity index (χ1) is 8.88. The summed E-state index contributed by atoms with van der Waals surface area (Å²) in [5, 5.41) is 18.2. The normalized spacial score (nSPS) is 11.6. The molecule has 0 aliphatic carbocycles. The summed E-state index contributed by atoms with van der Waals surface area (Å²) in [5.74, 6) is 2.24. The van der Waals surface area contributed by atoms with Crippen molar-refractivity contribution in [2.45, 2.75) is 33.6 Å². The lowest BCUT2D eigenvalue weighted by Gasteiger charge is -2.16. The molecule has 0 fully saturated rings. The molecule has 106 valence electrons. The smallest absolute Gasteiger partial charge is 0.423 e. The first-order valence-electron chi connectivity index (χ1n) is 6.58. The second-order valence-corrected chi connectivity index (χ2v) is 8.53. The maximum Gasteiger partial charge on any atom is 0.488 e. The minimum atomic E-state index is -1.37. The zero-order valence-electron chi connectivity index (χ0n) is 11.9. The third kappa shape index (κ3) is 7.93. The van der Waals surface area contributed by atoms with Crippen LogP contribution in [0.4, 0.5) is 0 Å². The van der Waals surface area contributed by atoms with Crippen LogP contribution in [0.25, 0.3) is 0 Å². The fourth-order valence-corrected chi connectivity index (χ4v) is 3.99. The van der Waals surface area contributed by atoms with Crippen LogP contribution in [-0.2, 0) is 6.42 Å². The van der Waals surface area contributed by atoms with Crippen molar-refractivity contribution in [2.24, 2.45) is 5.41 Å². The van der Waals surface area contributed by atoms with Gasteiger partial charge in [0.15, 0.2) is 0 Å². The van der Waals surface area contributed by atoms with Crippen LogP contribution in [0.5, 0.6) is 0 Å². The van der Waals surface area contributed by atoms with Gasteiger partial charge in [0.2, 0.25) is 0 Å². The van der Waals surface area contributed by atoms with E-state index in [9.17, 15) is 0 Å². The highest BCUT2D eigenvalue weighted by Crippen LogP contribution is 2.28. The SMILES string of the molecule is CC(C)(C)CCSSCCc1cccc(B(O)O)c1. The van der Waals surface area contributed by atoms with Crippen molar-refractivity contribution in [3.8, 4) is 0 Å². The van der Waals surface area contributed by atoms with E-state index in [2.05, 4.69) is 20.8 Å². The molecule has 1 rings (SSSR count). The van der Waals surface area contributed by atoms with Crippen molar-refractivity contribution >= 4 is 34.2 Å². The molecule has 0 bridgehead atoms. The Morgan fingerprint density at radius 3 is 2.42 bits per heavy atom. The molecule has 1 aromatic rings. The molecule has 0 saturated heterocycles. The van der Waals surface area contributed by atoms with Gasteiger partial charge in [-0.1, -0.05) is 66.6 Å². The van der Waals surface area contributed by atoms with Crippen LogP contribution in [-0.4, -0.2) is 28.7 Å². The molecule has 0 aliphatic heterocycles. The predicted molar refractivity (Wildman–Crippen MR) is 89.0 cm³/mol. The summed E-state index contributed by atoms with van der Waals surface area (Å²) in [6.07, 6.45) is 2.20. The van der Waals surface area contributed by atoms with Crippen LogP contribution < -0.4 is 5.46 Å². The average molecular weight is 298 g/mol. The second kappa shape index (κ2) is 8.25. The molecule has 0 spiro atoms. The van der Waals surface area contributed by atoms with Crippen molar-refractivity contribution in [3.05, 3.63) is 29.8 Å². The average Bonchev–Trinajstić information content (AvgIpc) is 2.32. The van der Waals surface area contributed by atoms with Gasteiger partial charge in [-0.2, -0.15) is 0 Å². The van der Waals surface area contributed by atoms with Gasteiger partial charge in [-0.15, -0.1) is 0 Å². The molecule has 0 heterocycles. The maximum absolute atomic E-state index is 9.11. The topological polar surface area (TPSA) is 40.5 Å². The van der Waals surface area contributed by atoms with Gasteiger partial charge in [-0.25, -0.2) is 0 Å². The minimum absolute atomic E-state index is 0.416. The van der Waals surface area contributed by atoms with Gasteiger partial charge in [0.25, 0.3) is 0 Å². The van der Waals surface area contributed by atoms with E-state index in [1.165, 1.54) is 12.2 Å². The van der Waals surface area contributed by atoms with E-state index < -0.39 is 7.12 Å². The summed E-state index contributed by atoms with van der Waals surface area (Å²) >= 11 is 0. The fourth-order valence-electron chi connectivity index (χ4n) is 1.53. The molecule has 2 N–H and O–H groups in total. The number of rotatable bonds is 7. The summed E-state index contributed by atoms with van der Waals surface area (Å²) in [5.41, 5.74) is 2.15. The largest absolute Gasteiger partial charge is 0.488 e. The van der Waals surface area contributed by atoms with Gasteiger partial charge in [0.1, 0.15) is 0 Å². The summed E-state index contributed by atoms with van der Waals surface area (Å²) in [6.45, 7) is 6.80. The molecular formula is C14H23BO2S2. The zero-order chi connectivity index (χ0) is 14.3. The number of hydrogen-bond donors (Lipinski definition) is 2. The molecule has 1 aromatic carbocycles. The summed E-state index contributed by atoms with van der Waals surface area (Å²) in [7, 11) is 2.46. The lowest BCUT2D eigenvalue weighted by Crippen LogP contribution is -2.29. The number of hydrogen-bond acceptors (Lipinski definition) is 4. The van der Waals surface area contributed by atoms with E-state index >= 15 is 0 Å². The van der Waals surface area contributed by atoms with Gasteiger partial charge >= 0.3 is 7.12 Å². The summed E-state index contributed by atoms with van der Waals surface area (Å²) in [4.78, 5) is 0. The predicted octanol–water partition coefficient (Wildman–Crippen LogP) is 2.73. The molecule has 0 aromatic heterocycles. The number of aryl methyl sites for hydroxylation is 1. The van der Waals surface area contributed by atoms with Crippen LogP contribution in [0.3, 0.4) is 0 Å². The lowest BCUT2D eigenvalue weighted by atomic mass is 9.79. The van der Waals surface area contributed by atoms with E-state index in [-0.39, 0.29) is 0 Å². The number of benzene rings is 1. The Hall–Kier alpha value is -0.0951. The Morgan fingerprint density at radius 1 is 1.11 bits per heavy atom. The van der Waals surface area contributed by atoms with Gasteiger partial charge in [0, 0.05) is 11.5 Å². The van der Waals surface area contributed by atoms with Gasteiger partial charge < -0.3 is 10.0 Å². The van der Waals surface area contributed by atoms with Gasteiger partial charge in [-0.3, -0.25) is 0 Å². The van der Waals surface area contributed by atoms with E-state index in [0.717, 1.165) is 17.7 Å². The van der Waals surface area contributed by atoms with Gasteiger partial charge in [-0.05, 0) is 29.3 Å². The Balaban J connectivity index is 2.21. The second-order valence-electron chi connectivity index (χ2n) is 5.82. The third-order valence-electron chi connectivity index (χ3n) is 2.74. The monoisotopic (exact) mass is 298 g/mol. The molecule has 0 atom stereocenters. The molecule has 0 radical (unpaired) electrons. The van der Waals surface area contributed by atoms with Crippen molar-refractivity contribution in [2.75, 3.05) is 11.5 Å². The summed E-state index contributed by atoms with van der Waals surface area (Å²) in [6, 6.07) is 7.51. The van der Waals surface area contributed by atoms with E-state index in [0.29, 0.717) is 10.9 Å².